The average molecular weight is 338 g/mol. The summed E-state index contributed by atoms with van der Waals surface area (Å²) in [6.07, 6.45) is 7.97. The lowest BCUT2D eigenvalue weighted by Crippen LogP contribution is -2.27. The number of carbonyl (C=O) groups is 1. The van der Waals surface area contributed by atoms with Gasteiger partial charge in [-0.3, -0.25) is 14.4 Å². The lowest BCUT2D eigenvalue weighted by Gasteiger charge is -2.21. The van der Waals surface area contributed by atoms with E-state index in [-0.39, 0.29) is 6.54 Å². The number of imidazole rings is 1. The van der Waals surface area contributed by atoms with Crippen LogP contribution in [-0.4, -0.2) is 27.0 Å². The van der Waals surface area contributed by atoms with E-state index in [2.05, 4.69) is 23.5 Å². The number of rotatable bonds is 4. The SMILES string of the molecule is O=C(CNc1c(C2CCCCC2)nc2c3ccccc3ccn12)NO. The Balaban J connectivity index is 1.84. The van der Waals surface area contributed by atoms with Crippen molar-refractivity contribution in [1.82, 2.24) is 14.9 Å². The molecule has 1 aliphatic carbocycles. The van der Waals surface area contributed by atoms with Crippen LogP contribution in [0.1, 0.15) is 43.7 Å². The number of hydroxylamine groups is 1. The molecule has 0 atom stereocenters. The molecule has 1 saturated carbocycles. The third kappa shape index (κ3) is 2.93. The Bertz CT molecular complexity index is 912. The van der Waals surface area contributed by atoms with Gasteiger partial charge in [0.25, 0.3) is 5.91 Å². The van der Waals surface area contributed by atoms with Crippen LogP contribution in [0.4, 0.5) is 5.82 Å². The first kappa shape index (κ1) is 15.9. The Hall–Kier alpha value is -2.60. The Kier molecular flexibility index (Phi) is 4.28. The van der Waals surface area contributed by atoms with Gasteiger partial charge >= 0.3 is 0 Å². The molecule has 1 aliphatic rings. The van der Waals surface area contributed by atoms with Crippen molar-refractivity contribution >= 4 is 28.1 Å². The quantitative estimate of drug-likeness (QED) is 0.503. The molecule has 0 aliphatic heterocycles. The number of amides is 1. The van der Waals surface area contributed by atoms with Gasteiger partial charge in [-0.25, -0.2) is 10.5 Å². The minimum Gasteiger partial charge on any atom is -0.360 e. The van der Waals surface area contributed by atoms with E-state index in [9.17, 15) is 4.79 Å². The van der Waals surface area contributed by atoms with Crippen molar-refractivity contribution in [3.05, 3.63) is 42.2 Å². The Morgan fingerprint density at radius 2 is 2.00 bits per heavy atom. The van der Waals surface area contributed by atoms with E-state index in [1.165, 1.54) is 19.3 Å². The van der Waals surface area contributed by atoms with Crippen LogP contribution in [0.3, 0.4) is 0 Å². The molecular formula is C19H22N4O2. The molecule has 130 valence electrons. The minimum absolute atomic E-state index is 0.0108. The number of anilines is 1. The van der Waals surface area contributed by atoms with Gasteiger partial charge in [0.15, 0.2) is 0 Å². The number of pyridine rings is 1. The summed E-state index contributed by atoms with van der Waals surface area (Å²) in [6, 6.07) is 10.3. The van der Waals surface area contributed by atoms with Gasteiger partial charge in [-0.05, 0) is 24.3 Å². The lowest BCUT2D eigenvalue weighted by atomic mass is 9.87. The van der Waals surface area contributed by atoms with Gasteiger partial charge in [-0.15, -0.1) is 0 Å². The summed E-state index contributed by atoms with van der Waals surface area (Å²) in [5.41, 5.74) is 3.61. The summed E-state index contributed by atoms with van der Waals surface area (Å²) < 4.78 is 2.02. The predicted octanol–water partition coefficient (Wildman–Crippen LogP) is 3.45. The first-order chi connectivity index (χ1) is 12.3. The first-order valence-corrected chi connectivity index (χ1v) is 8.84. The number of nitrogens with one attached hydrogen (secondary N) is 2. The summed E-state index contributed by atoms with van der Waals surface area (Å²) in [7, 11) is 0. The molecule has 25 heavy (non-hydrogen) atoms. The second kappa shape index (κ2) is 6.72. The summed E-state index contributed by atoms with van der Waals surface area (Å²) in [4.78, 5) is 16.5. The molecule has 0 bridgehead atoms. The molecule has 0 saturated heterocycles. The van der Waals surface area contributed by atoms with E-state index in [0.717, 1.165) is 40.8 Å². The number of nitrogens with zero attached hydrogens (tertiary/aromatic N) is 2. The Morgan fingerprint density at radius 3 is 2.80 bits per heavy atom. The molecule has 6 heteroatoms. The van der Waals surface area contributed by atoms with E-state index in [4.69, 9.17) is 10.2 Å². The molecule has 0 unspecified atom stereocenters. The van der Waals surface area contributed by atoms with Gasteiger partial charge in [0.05, 0.1) is 12.2 Å². The molecule has 1 aromatic carbocycles. The number of hydrogen-bond acceptors (Lipinski definition) is 4. The number of hydrogen-bond donors (Lipinski definition) is 3. The van der Waals surface area contributed by atoms with Crippen LogP contribution in [0, 0.1) is 0 Å². The second-order valence-corrected chi connectivity index (χ2v) is 6.67. The number of carbonyl (C=O) groups excluding carboxylic acids is 1. The largest absolute Gasteiger partial charge is 0.360 e. The molecule has 1 amide bonds. The number of fused-ring (bicyclic) bond motifs is 3. The third-order valence-electron chi connectivity index (χ3n) is 5.08. The van der Waals surface area contributed by atoms with Gasteiger partial charge in [-0.2, -0.15) is 0 Å². The maximum Gasteiger partial charge on any atom is 0.262 e. The van der Waals surface area contributed by atoms with Gasteiger partial charge in [0.2, 0.25) is 0 Å². The fourth-order valence-corrected chi connectivity index (χ4v) is 3.83. The first-order valence-electron chi connectivity index (χ1n) is 8.84. The average Bonchev–Trinajstić information content (AvgIpc) is 3.05. The monoisotopic (exact) mass is 338 g/mol. The standard InChI is InChI=1S/C19H22N4O2/c24-16(22-25)12-20-19-17(14-7-2-1-3-8-14)21-18-15-9-5-4-6-13(15)10-11-23(18)19/h4-6,9-11,14,20,25H,1-3,7-8,12H2,(H,22,24). The van der Waals surface area contributed by atoms with E-state index < -0.39 is 5.91 Å². The van der Waals surface area contributed by atoms with E-state index in [1.807, 2.05) is 22.7 Å². The van der Waals surface area contributed by atoms with Crippen molar-refractivity contribution in [3.8, 4) is 0 Å². The summed E-state index contributed by atoms with van der Waals surface area (Å²) in [5, 5.41) is 14.2. The van der Waals surface area contributed by atoms with Gasteiger partial charge in [-0.1, -0.05) is 43.5 Å². The van der Waals surface area contributed by atoms with Gasteiger partial charge < -0.3 is 5.32 Å². The van der Waals surface area contributed by atoms with Crippen molar-refractivity contribution in [1.29, 1.82) is 0 Å². The van der Waals surface area contributed by atoms with Crippen molar-refractivity contribution < 1.29 is 10.0 Å². The molecule has 0 radical (unpaired) electrons. The minimum atomic E-state index is -0.467. The van der Waals surface area contributed by atoms with Gasteiger partial charge in [0.1, 0.15) is 11.5 Å². The number of aromatic nitrogens is 2. The maximum atomic E-state index is 11.5. The van der Waals surface area contributed by atoms with Crippen LogP contribution in [-0.2, 0) is 4.79 Å². The van der Waals surface area contributed by atoms with Crippen molar-refractivity contribution in [2.45, 2.75) is 38.0 Å². The summed E-state index contributed by atoms with van der Waals surface area (Å²) >= 11 is 0. The predicted molar refractivity (Wildman–Crippen MR) is 96.9 cm³/mol. The van der Waals surface area contributed by atoms with E-state index in [1.54, 1.807) is 5.48 Å². The molecule has 3 N–H and O–H groups in total. The highest BCUT2D eigenvalue weighted by atomic mass is 16.5. The maximum absolute atomic E-state index is 11.5. The van der Waals surface area contributed by atoms with Crippen LogP contribution >= 0.6 is 0 Å². The van der Waals surface area contributed by atoms with Crippen molar-refractivity contribution in [2.24, 2.45) is 0 Å². The highest BCUT2D eigenvalue weighted by molar-refractivity contribution is 5.95. The van der Waals surface area contributed by atoms with E-state index in [0.29, 0.717) is 5.92 Å². The summed E-state index contributed by atoms with van der Waals surface area (Å²) in [5.74, 6) is 0.800. The fraction of sp³-hybridized carbons (Fsp3) is 0.368. The van der Waals surface area contributed by atoms with Crippen LogP contribution in [0.25, 0.3) is 16.4 Å². The fourth-order valence-electron chi connectivity index (χ4n) is 3.83. The zero-order valence-corrected chi connectivity index (χ0v) is 14.0. The molecular weight excluding hydrogens is 316 g/mol. The number of benzene rings is 1. The highest BCUT2D eigenvalue weighted by Gasteiger charge is 2.24. The molecule has 2 aromatic heterocycles. The molecule has 1 fully saturated rings. The lowest BCUT2D eigenvalue weighted by molar-refractivity contribution is -0.127. The van der Waals surface area contributed by atoms with Crippen LogP contribution in [0.2, 0.25) is 0 Å². The molecule has 2 heterocycles. The van der Waals surface area contributed by atoms with Crippen LogP contribution in [0.5, 0.6) is 0 Å². The van der Waals surface area contributed by atoms with Crippen LogP contribution in [0.15, 0.2) is 36.5 Å². The van der Waals surface area contributed by atoms with Gasteiger partial charge in [0, 0.05) is 17.5 Å². The topological polar surface area (TPSA) is 78.7 Å². The zero-order chi connectivity index (χ0) is 17.2. The molecule has 6 nitrogen and oxygen atoms in total. The van der Waals surface area contributed by atoms with Crippen molar-refractivity contribution in [2.75, 3.05) is 11.9 Å². The third-order valence-corrected chi connectivity index (χ3v) is 5.08. The zero-order valence-electron chi connectivity index (χ0n) is 14.0. The Morgan fingerprint density at radius 1 is 1.20 bits per heavy atom. The van der Waals surface area contributed by atoms with Crippen molar-refractivity contribution in [3.63, 3.8) is 0 Å². The molecule has 0 spiro atoms. The summed E-state index contributed by atoms with van der Waals surface area (Å²) in [6.45, 7) is 0.0108. The second-order valence-electron chi connectivity index (χ2n) is 6.67. The van der Waals surface area contributed by atoms with E-state index >= 15 is 0 Å². The normalized spacial score (nSPS) is 15.6. The Labute approximate surface area is 145 Å². The smallest absolute Gasteiger partial charge is 0.262 e. The molecule has 4 rings (SSSR count). The van der Waals surface area contributed by atoms with Crippen LogP contribution < -0.4 is 10.8 Å². The molecule has 3 aromatic rings. The highest BCUT2D eigenvalue weighted by Crippen LogP contribution is 2.37.